The van der Waals surface area contributed by atoms with Crippen molar-refractivity contribution in [2.75, 3.05) is 39.9 Å². The Hall–Kier alpha value is -2.02. The van der Waals surface area contributed by atoms with Crippen LogP contribution in [0, 0.1) is 12.3 Å². The molecule has 1 atom stereocenters. The van der Waals surface area contributed by atoms with Crippen molar-refractivity contribution < 1.29 is 14.3 Å². The van der Waals surface area contributed by atoms with Crippen LogP contribution in [0.3, 0.4) is 0 Å². The molecule has 1 unspecified atom stereocenters. The van der Waals surface area contributed by atoms with E-state index in [1.165, 1.54) is 6.33 Å². The van der Waals surface area contributed by atoms with Gasteiger partial charge in [0.15, 0.2) is 0 Å². The number of likely N-dealkylation sites (N-methyl/N-ethyl adjacent to an activating group) is 1. The summed E-state index contributed by atoms with van der Waals surface area (Å²) in [6, 6.07) is 0. The maximum absolute atomic E-state index is 12.7. The van der Waals surface area contributed by atoms with Gasteiger partial charge in [0.05, 0.1) is 17.9 Å². The van der Waals surface area contributed by atoms with E-state index in [0.29, 0.717) is 37.5 Å². The van der Waals surface area contributed by atoms with Gasteiger partial charge in [0.1, 0.15) is 12.9 Å². The van der Waals surface area contributed by atoms with Crippen LogP contribution in [0.25, 0.3) is 0 Å². The highest BCUT2D eigenvalue weighted by Crippen LogP contribution is 2.34. The van der Waals surface area contributed by atoms with E-state index in [1.54, 1.807) is 18.1 Å². The molecule has 3 heterocycles. The quantitative estimate of drug-likeness (QED) is 0.736. The van der Waals surface area contributed by atoms with Crippen LogP contribution in [-0.4, -0.2) is 71.5 Å². The number of carbonyl (C=O) groups excluding carboxylic acids is 2. The van der Waals surface area contributed by atoms with E-state index in [-0.39, 0.29) is 23.8 Å². The molecule has 3 rings (SSSR count). The molecule has 0 aromatic carbocycles. The summed E-state index contributed by atoms with van der Waals surface area (Å²) < 4.78 is 5.52. The Morgan fingerprint density at radius 2 is 2.23 bits per heavy atom. The van der Waals surface area contributed by atoms with E-state index in [4.69, 9.17) is 4.74 Å². The van der Waals surface area contributed by atoms with Gasteiger partial charge >= 0.3 is 0 Å². The van der Waals surface area contributed by atoms with Crippen LogP contribution in [0.1, 0.15) is 22.5 Å². The molecule has 0 saturated carbocycles. The highest BCUT2D eigenvalue weighted by atomic mass is 16.5. The van der Waals surface area contributed by atoms with E-state index in [1.807, 2.05) is 11.8 Å². The molecule has 1 aromatic heterocycles. The first-order valence-corrected chi connectivity index (χ1v) is 7.38. The summed E-state index contributed by atoms with van der Waals surface area (Å²) in [5.74, 6) is -0.0536. The third-order valence-electron chi connectivity index (χ3n) is 4.50. The van der Waals surface area contributed by atoms with Crippen molar-refractivity contribution in [1.82, 2.24) is 19.8 Å². The van der Waals surface area contributed by atoms with Gasteiger partial charge in [-0.3, -0.25) is 9.59 Å². The van der Waals surface area contributed by atoms with Crippen molar-refractivity contribution >= 4 is 11.8 Å². The smallest absolute Gasteiger partial charge is 0.257 e. The first-order valence-electron chi connectivity index (χ1n) is 7.38. The largest absolute Gasteiger partial charge is 0.371 e. The third kappa shape index (κ3) is 2.68. The molecule has 0 radical (unpaired) electrons. The molecular weight excluding hydrogens is 284 g/mol. The summed E-state index contributed by atoms with van der Waals surface area (Å²) in [4.78, 5) is 35.9. The van der Waals surface area contributed by atoms with Gasteiger partial charge in [-0.15, -0.1) is 0 Å². The zero-order valence-corrected chi connectivity index (χ0v) is 12.9. The molecule has 0 N–H and O–H groups in total. The van der Waals surface area contributed by atoms with Gasteiger partial charge in [-0.25, -0.2) is 9.97 Å². The van der Waals surface area contributed by atoms with Crippen LogP contribution in [0.5, 0.6) is 0 Å². The highest BCUT2D eigenvalue weighted by Gasteiger charge is 2.43. The zero-order chi connectivity index (χ0) is 15.7. The van der Waals surface area contributed by atoms with E-state index in [9.17, 15) is 9.59 Å². The second-order valence-corrected chi connectivity index (χ2v) is 6.24. The molecule has 7 heteroatoms. The summed E-state index contributed by atoms with van der Waals surface area (Å²) >= 11 is 0. The van der Waals surface area contributed by atoms with Crippen LogP contribution < -0.4 is 0 Å². The Bertz CT molecular complexity index is 606. The molecule has 2 fully saturated rings. The van der Waals surface area contributed by atoms with Gasteiger partial charge in [0, 0.05) is 38.3 Å². The maximum atomic E-state index is 12.7. The molecule has 1 spiro atoms. The maximum Gasteiger partial charge on any atom is 0.257 e. The monoisotopic (exact) mass is 304 g/mol. The first kappa shape index (κ1) is 14.9. The molecule has 2 aliphatic rings. The van der Waals surface area contributed by atoms with Gasteiger partial charge in [-0.05, 0) is 13.3 Å². The van der Waals surface area contributed by atoms with Gasteiger partial charge in [0.2, 0.25) is 5.91 Å². The fourth-order valence-electron chi connectivity index (χ4n) is 3.23. The number of hydrogen-bond donors (Lipinski definition) is 0. The van der Waals surface area contributed by atoms with Crippen molar-refractivity contribution in [3.63, 3.8) is 0 Å². The number of nitrogens with zero attached hydrogens (tertiary/aromatic N) is 4. The fraction of sp³-hybridized carbons (Fsp3) is 0.600. The second kappa shape index (κ2) is 5.64. The number of carbonyl (C=O) groups is 2. The van der Waals surface area contributed by atoms with E-state index in [2.05, 4.69) is 9.97 Å². The number of aromatic nitrogens is 2. The summed E-state index contributed by atoms with van der Waals surface area (Å²) in [7, 11) is 1.79. The average molecular weight is 304 g/mol. The van der Waals surface area contributed by atoms with Crippen LogP contribution in [0.2, 0.25) is 0 Å². The van der Waals surface area contributed by atoms with Gasteiger partial charge < -0.3 is 14.5 Å². The lowest BCUT2D eigenvalue weighted by Gasteiger charge is -2.29. The Balaban J connectivity index is 1.76. The minimum Gasteiger partial charge on any atom is -0.371 e. The molecule has 0 bridgehead atoms. The molecular formula is C15H20N4O3. The predicted octanol–water partition coefficient (Wildman–Crippen LogP) is 0.106. The second-order valence-electron chi connectivity index (χ2n) is 6.24. The average Bonchev–Trinajstić information content (AvgIpc) is 2.84. The van der Waals surface area contributed by atoms with Crippen molar-refractivity contribution in [1.29, 1.82) is 0 Å². The molecule has 118 valence electrons. The van der Waals surface area contributed by atoms with E-state index < -0.39 is 0 Å². The fourth-order valence-corrected chi connectivity index (χ4v) is 3.23. The number of likely N-dealkylation sites (tertiary alicyclic amines) is 1. The SMILES string of the molecule is Cc1ncncc1C(=O)N1CCC2(COCC(=O)N(C)C2)C1. The minimum absolute atomic E-state index is 0.00560. The van der Waals surface area contributed by atoms with Crippen molar-refractivity contribution in [2.24, 2.45) is 5.41 Å². The molecule has 0 aliphatic carbocycles. The standard InChI is InChI=1S/C15H20N4O3/c1-11-12(5-16-10-17-11)14(21)19-4-3-15(8-19)7-18(2)13(20)6-22-9-15/h5,10H,3-4,6-9H2,1-2H3. The summed E-state index contributed by atoms with van der Waals surface area (Å²) in [5, 5.41) is 0. The summed E-state index contributed by atoms with van der Waals surface area (Å²) in [6.45, 7) is 4.33. The predicted molar refractivity (Wildman–Crippen MR) is 78.2 cm³/mol. The molecule has 2 aliphatic heterocycles. The van der Waals surface area contributed by atoms with E-state index >= 15 is 0 Å². The zero-order valence-electron chi connectivity index (χ0n) is 12.9. The number of rotatable bonds is 1. The number of amides is 2. The van der Waals surface area contributed by atoms with Crippen molar-refractivity contribution in [3.8, 4) is 0 Å². The van der Waals surface area contributed by atoms with Crippen LogP contribution in [0.4, 0.5) is 0 Å². The summed E-state index contributed by atoms with van der Waals surface area (Å²) in [6.07, 6.45) is 3.84. The Morgan fingerprint density at radius 1 is 1.41 bits per heavy atom. The molecule has 2 amide bonds. The third-order valence-corrected chi connectivity index (χ3v) is 4.50. The molecule has 7 nitrogen and oxygen atoms in total. The van der Waals surface area contributed by atoms with Crippen LogP contribution in [-0.2, 0) is 9.53 Å². The Labute approximate surface area is 129 Å². The van der Waals surface area contributed by atoms with Gasteiger partial charge in [0.25, 0.3) is 5.91 Å². The van der Waals surface area contributed by atoms with E-state index in [0.717, 1.165) is 6.42 Å². The molecule has 2 saturated heterocycles. The molecule has 22 heavy (non-hydrogen) atoms. The topological polar surface area (TPSA) is 75.6 Å². The Morgan fingerprint density at radius 3 is 3.00 bits per heavy atom. The lowest BCUT2D eigenvalue weighted by atomic mass is 9.88. The van der Waals surface area contributed by atoms with Gasteiger partial charge in [-0.2, -0.15) is 0 Å². The van der Waals surface area contributed by atoms with Gasteiger partial charge in [-0.1, -0.05) is 0 Å². The molecule has 1 aromatic rings. The minimum atomic E-state index is -0.167. The number of hydrogen-bond acceptors (Lipinski definition) is 5. The Kier molecular flexibility index (Phi) is 3.82. The highest BCUT2D eigenvalue weighted by molar-refractivity contribution is 5.95. The van der Waals surface area contributed by atoms with Crippen LogP contribution >= 0.6 is 0 Å². The normalized spacial score (nSPS) is 25.6. The number of aryl methyl sites for hydroxylation is 1. The summed E-state index contributed by atoms with van der Waals surface area (Å²) in [5.41, 5.74) is 1.06. The first-order chi connectivity index (χ1) is 10.5. The lowest BCUT2D eigenvalue weighted by molar-refractivity contribution is -0.132. The van der Waals surface area contributed by atoms with Crippen molar-refractivity contribution in [3.05, 3.63) is 23.8 Å². The van der Waals surface area contributed by atoms with Crippen molar-refractivity contribution in [2.45, 2.75) is 13.3 Å². The van der Waals surface area contributed by atoms with Crippen LogP contribution in [0.15, 0.2) is 12.5 Å². The number of ether oxygens (including phenoxy) is 1. The lowest BCUT2D eigenvalue weighted by Crippen LogP contribution is -2.41.